The second kappa shape index (κ2) is 3.69. The largest absolute Gasteiger partial charge is 0.0576 e. The Bertz CT molecular complexity index is 339. The van der Waals surface area contributed by atoms with Crippen LogP contribution in [0.1, 0.15) is 44.2 Å². The summed E-state index contributed by atoms with van der Waals surface area (Å²) in [5, 5.41) is 0. The van der Waals surface area contributed by atoms with Crippen LogP contribution in [0, 0.1) is 0 Å². The summed E-state index contributed by atoms with van der Waals surface area (Å²) in [6.45, 7) is 4.73. The van der Waals surface area contributed by atoms with Gasteiger partial charge in [-0.3, -0.25) is 0 Å². The van der Waals surface area contributed by atoms with E-state index in [1.165, 1.54) is 30.2 Å². The van der Waals surface area contributed by atoms with E-state index in [1.807, 2.05) is 0 Å². The van der Waals surface area contributed by atoms with Crippen LogP contribution in [0.2, 0.25) is 0 Å². The highest BCUT2D eigenvalue weighted by Crippen LogP contribution is 2.36. The Balaban J connectivity index is 2.52. The fraction of sp³-hybridized carbons (Fsp3) is 0.538. The first-order chi connectivity index (χ1) is 6.59. The first-order valence-corrected chi connectivity index (χ1v) is 6.18. The lowest BCUT2D eigenvalue weighted by atomic mass is 9.80. The van der Waals surface area contributed by atoms with Gasteiger partial charge in [0.25, 0.3) is 0 Å². The number of rotatable bonds is 0. The molecule has 0 atom stereocenters. The van der Waals surface area contributed by atoms with E-state index in [1.54, 1.807) is 11.1 Å². The van der Waals surface area contributed by atoms with Gasteiger partial charge in [-0.05, 0) is 47.9 Å². The van der Waals surface area contributed by atoms with Crippen molar-refractivity contribution in [2.24, 2.45) is 0 Å². The molecule has 0 heterocycles. The first kappa shape index (κ1) is 10.2. The molecule has 0 aliphatic heterocycles. The molecule has 0 fully saturated rings. The van der Waals surface area contributed by atoms with Gasteiger partial charge in [0.15, 0.2) is 0 Å². The van der Waals surface area contributed by atoms with E-state index in [4.69, 9.17) is 0 Å². The molecule has 0 radical (unpaired) electrons. The molecule has 1 aliphatic rings. The zero-order valence-corrected chi connectivity index (χ0v) is 10.5. The van der Waals surface area contributed by atoms with E-state index in [2.05, 4.69) is 48.0 Å². The molecule has 76 valence electrons. The minimum atomic E-state index is 0.357. The molecule has 0 spiro atoms. The minimum Gasteiger partial charge on any atom is -0.0576 e. The highest BCUT2D eigenvalue weighted by Gasteiger charge is 2.25. The third-order valence-electron chi connectivity index (χ3n) is 3.30. The zero-order chi connectivity index (χ0) is 10.2. The third-order valence-corrected chi connectivity index (χ3v) is 3.79. The summed E-state index contributed by atoms with van der Waals surface area (Å²) in [5.41, 5.74) is 3.45. The average molecular weight is 253 g/mol. The Labute approximate surface area is 94.8 Å². The second-order valence-corrected chi connectivity index (χ2v) is 5.81. The van der Waals surface area contributed by atoms with Crippen molar-refractivity contribution >= 4 is 15.9 Å². The van der Waals surface area contributed by atoms with Gasteiger partial charge in [-0.25, -0.2) is 0 Å². The molecule has 14 heavy (non-hydrogen) atoms. The van der Waals surface area contributed by atoms with E-state index >= 15 is 0 Å². The quantitative estimate of drug-likeness (QED) is 0.599. The Kier molecular flexibility index (Phi) is 2.70. The maximum absolute atomic E-state index is 3.57. The number of hydrogen-bond donors (Lipinski definition) is 0. The van der Waals surface area contributed by atoms with Crippen LogP contribution in [0.5, 0.6) is 0 Å². The molecule has 1 aliphatic carbocycles. The van der Waals surface area contributed by atoms with Gasteiger partial charge in [-0.1, -0.05) is 42.3 Å². The van der Waals surface area contributed by atoms with Gasteiger partial charge in [0.1, 0.15) is 0 Å². The monoisotopic (exact) mass is 252 g/mol. The van der Waals surface area contributed by atoms with Gasteiger partial charge in [-0.2, -0.15) is 0 Å². The van der Waals surface area contributed by atoms with Crippen molar-refractivity contribution in [1.29, 1.82) is 0 Å². The maximum Gasteiger partial charge on any atom is 0.0178 e. The molecule has 0 N–H and O–H groups in total. The summed E-state index contributed by atoms with van der Waals surface area (Å²) < 4.78 is 1.21. The van der Waals surface area contributed by atoms with E-state index in [9.17, 15) is 0 Å². The molecule has 2 rings (SSSR count). The van der Waals surface area contributed by atoms with Gasteiger partial charge in [0.2, 0.25) is 0 Å². The van der Waals surface area contributed by atoms with Crippen LogP contribution >= 0.6 is 15.9 Å². The van der Waals surface area contributed by atoms with Crippen molar-refractivity contribution < 1.29 is 0 Å². The predicted octanol–water partition coefficient (Wildman–Crippen LogP) is 4.45. The summed E-state index contributed by atoms with van der Waals surface area (Å²) in [6.07, 6.45) is 5.28. The molecule has 0 saturated carbocycles. The molecule has 1 aromatic carbocycles. The molecule has 1 aromatic rings. The Morgan fingerprint density at radius 1 is 1.21 bits per heavy atom. The van der Waals surface area contributed by atoms with Crippen molar-refractivity contribution in [3.63, 3.8) is 0 Å². The summed E-state index contributed by atoms with van der Waals surface area (Å²) in [5.74, 6) is 0. The average Bonchev–Trinajstić information content (AvgIpc) is 2.26. The summed E-state index contributed by atoms with van der Waals surface area (Å²) in [7, 11) is 0. The molecule has 0 amide bonds. The van der Waals surface area contributed by atoms with Crippen molar-refractivity contribution in [3.8, 4) is 0 Å². The number of aryl methyl sites for hydroxylation is 1. The lowest BCUT2D eigenvalue weighted by Gasteiger charge is -2.25. The van der Waals surface area contributed by atoms with Crippen LogP contribution in [-0.2, 0) is 11.8 Å². The van der Waals surface area contributed by atoms with Crippen molar-refractivity contribution in [3.05, 3.63) is 33.8 Å². The fourth-order valence-corrected chi connectivity index (χ4v) is 2.77. The molecule has 0 nitrogen and oxygen atoms in total. The van der Waals surface area contributed by atoms with Crippen LogP contribution < -0.4 is 0 Å². The van der Waals surface area contributed by atoms with Crippen LogP contribution in [0.25, 0.3) is 0 Å². The molecule has 0 unspecified atom stereocenters. The Morgan fingerprint density at radius 2 is 2.00 bits per heavy atom. The van der Waals surface area contributed by atoms with E-state index in [0.29, 0.717) is 5.41 Å². The molecule has 0 aromatic heterocycles. The fourth-order valence-electron chi connectivity index (χ4n) is 2.41. The van der Waals surface area contributed by atoms with Crippen LogP contribution in [0.15, 0.2) is 22.7 Å². The van der Waals surface area contributed by atoms with E-state index in [-0.39, 0.29) is 0 Å². The van der Waals surface area contributed by atoms with E-state index < -0.39 is 0 Å². The topological polar surface area (TPSA) is 0 Å². The summed E-state index contributed by atoms with van der Waals surface area (Å²) >= 11 is 3.57. The molecule has 1 heteroatoms. The van der Waals surface area contributed by atoms with Gasteiger partial charge in [0.05, 0.1) is 0 Å². The van der Waals surface area contributed by atoms with Crippen molar-refractivity contribution in [2.45, 2.75) is 44.9 Å². The standard InChI is InChI=1S/C13H17Br/c1-13(2)8-4-3-5-10-6-7-11(14)9-12(10)13/h6-7,9H,3-5,8H2,1-2H3. The van der Waals surface area contributed by atoms with E-state index in [0.717, 1.165) is 0 Å². The van der Waals surface area contributed by atoms with Crippen LogP contribution in [0.4, 0.5) is 0 Å². The smallest absolute Gasteiger partial charge is 0.0178 e. The highest BCUT2D eigenvalue weighted by molar-refractivity contribution is 9.10. The molecule has 0 bridgehead atoms. The van der Waals surface area contributed by atoms with Gasteiger partial charge >= 0.3 is 0 Å². The Hall–Kier alpha value is -0.300. The first-order valence-electron chi connectivity index (χ1n) is 5.38. The van der Waals surface area contributed by atoms with Crippen LogP contribution in [0.3, 0.4) is 0 Å². The zero-order valence-electron chi connectivity index (χ0n) is 8.94. The summed E-state index contributed by atoms with van der Waals surface area (Å²) in [6, 6.07) is 6.76. The SMILES string of the molecule is CC1(C)CCCCc2ccc(Br)cc21. The Morgan fingerprint density at radius 3 is 2.79 bits per heavy atom. The summed E-state index contributed by atoms with van der Waals surface area (Å²) in [4.78, 5) is 0. The number of halogens is 1. The minimum absolute atomic E-state index is 0.357. The lowest BCUT2D eigenvalue weighted by molar-refractivity contribution is 0.468. The highest BCUT2D eigenvalue weighted by atomic mass is 79.9. The molecule has 0 saturated heterocycles. The van der Waals surface area contributed by atoms with Crippen LogP contribution in [-0.4, -0.2) is 0 Å². The molecular formula is C13H17Br. The number of benzene rings is 1. The van der Waals surface area contributed by atoms with Crippen molar-refractivity contribution in [1.82, 2.24) is 0 Å². The lowest BCUT2D eigenvalue weighted by Crippen LogP contribution is -2.17. The van der Waals surface area contributed by atoms with Gasteiger partial charge in [-0.15, -0.1) is 0 Å². The van der Waals surface area contributed by atoms with Gasteiger partial charge < -0.3 is 0 Å². The normalized spacial score (nSPS) is 19.9. The predicted molar refractivity (Wildman–Crippen MR) is 64.7 cm³/mol. The third kappa shape index (κ3) is 1.88. The molecular weight excluding hydrogens is 236 g/mol. The second-order valence-electron chi connectivity index (χ2n) is 4.89. The van der Waals surface area contributed by atoms with Crippen molar-refractivity contribution in [2.75, 3.05) is 0 Å². The maximum atomic E-state index is 3.57. The van der Waals surface area contributed by atoms with Gasteiger partial charge in [0, 0.05) is 4.47 Å². The number of fused-ring (bicyclic) bond motifs is 1. The number of hydrogen-bond acceptors (Lipinski definition) is 0.